The minimum absolute atomic E-state index is 0.226. The van der Waals surface area contributed by atoms with Crippen LogP contribution in [0.2, 0.25) is 0 Å². The number of nitrogens with zero attached hydrogens (tertiary/aromatic N) is 1. The molecule has 2 aromatic rings. The summed E-state index contributed by atoms with van der Waals surface area (Å²) in [4.78, 5) is 1.93. The first-order valence-electron chi connectivity index (χ1n) is 7.84. The van der Waals surface area contributed by atoms with Gasteiger partial charge in [0.2, 0.25) is 0 Å². The SMILES string of the molecule is C=C1C=CC(c2ccccc2)=C(c2ccccc2F)N1C.CC. The van der Waals surface area contributed by atoms with Gasteiger partial charge < -0.3 is 4.90 Å². The van der Waals surface area contributed by atoms with Crippen molar-refractivity contribution in [2.75, 3.05) is 7.05 Å². The van der Waals surface area contributed by atoms with Gasteiger partial charge in [0.1, 0.15) is 5.82 Å². The first-order valence-corrected chi connectivity index (χ1v) is 7.84. The molecular formula is C21H22FN. The van der Waals surface area contributed by atoms with Crippen LogP contribution in [0.1, 0.15) is 25.0 Å². The fourth-order valence-corrected chi connectivity index (χ4v) is 2.52. The molecule has 0 bridgehead atoms. The van der Waals surface area contributed by atoms with Gasteiger partial charge in [-0.05, 0) is 23.8 Å². The molecule has 118 valence electrons. The molecule has 1 aliphatic heterocycles. The Morgan fingerprint density at radius 3 is 2.13 bits per heavy atom. The zero-order valence-corrected chi connectivity index (χ0v) is 13.9. The van der Waals surface area contributed by atoms with Gasteiger partial charge in [0.25, 0.3) is 0 Å². The van der Waals surface area contributed by atoms with E-state index in [-0.39, 0.29) is 5.82 Å². The van der Waals surface area contributed by atoms with Crippen LogP contribution < -0.4 is 0 Å². The first-order chi connectivity index (χ1) is 11.2. The van der Waals surface area contributed by atoms with E-state index < -0.39 is 0 Å². The molecule has 1 nitrogen and oxygen atoms in total. The minimum atomic E-state index is -0.226. The van der Waals surface area contributed by atoms with Crippen molar-refractivity contribution in [3.8, 4) is 0 Å². The molecule has 2 heteroatoms. The van der Waals surface area contributed by atoms with Crippen molar-refractivity contribution in [2.45, 2.75) is 13.8 Å². The molecule has 0 spiro atoms. The largest absolute Gasteiger partial charge is 0.344 e. The molecule has 1 aliphatic rings. The topological polar surface area (TPSA) is 3.24 Å². The van der Waals surface area contributed by atoms with E-state index in [0.717, 1.165) is 22.5 Å². The third-order valence-corrected chi connectivity index (χ3v) is 3.68. The van der Waals surface area contributed by atoms with Gasteiger partial charge in [0.15, 0.2) is 0 Å². The molecule has 0 atom stereocenters. The Kier molecular flexibility index (Phi) is 5.53. The number of rotatable bonds is 2. The van der Waals surface area contributed by atoms with Crippen molar-refractivity contribution >= 4 is 11.3 Å². The molecule has 0 N–H and O–H groups in total. The Balaban J connectivity index is 0.000000924. The van der Waals surface area contributed by atoms with Crippen molar-refractivity contribution in [3.05, 3.63) is 96.0 Å². The molecule has 0 saturated heterocycles. The van der Waals surface area contributed by atoms with Gasteiger partial charge in [-0.25, -0.2) is 4.39 Å². The van der Waals surface area contributed by atoms with Crippen molar-refractivity contribution in [1.29, 1.82) is 0 Å². The van der Waals surface area contributed by atoms with E-state index in [1.807, 2.05) is 74.3 Å². The van der Waals surface area contributed by atoms with Gasteiger partial charge in [0, 0.05) is 23.9 Å². The average molecular weight is 307 g/mol. The standard InChI is InChI=1S/C19H16FN.C2H6/c1-14-12-13-16(15-8-4-3-5-9-15)19(21(14)2)17-10-6-7-11-18(17)20;1-2/h3-13H,1H2,2H3;1-2H3. The van der Waals surface area contributed by atoms with E-state index in [1.54, 1.807) is 12.1 Å². The number of hydrogen-bond donors (Lipinski definition) is 0. The fourth-order valence-electron chi connectivity index (χ4n) is 2.52. The Bertz CT molecular complexity index is 741. The lowest BCUT2D eigenvalue weighted by molar-refractivity contribution is 0.588. The highest BCUT2D eigenvalue weighted by atomic mass is 19.1. The first kappa shape index (κ1) is 16.8. The second-order valence-electron chi connectivity index (χ2n) is 4.99. The van der Waals surface area contributed by atoms with Gasteiger partial charge in [-0.3, -0.25) is 0 Å². The summed E-state index contributed by atoms with van der Waals surface area (Å²) < 4.78 is 14.2. The molecule has 0 amide bonds. The summed E-state index contributed by atoms with van der Waals surface area (Å²) in [6, 6.07) is 16.8. The highest BCUT2D eigenvalue weighted by Gasteiger charge is 2.21. The monoisotopic (exact) mass is 307 g/mol. The van der Waals surface area contributed by atoms with Crippen LogP contribution in [0.5, 0.6) is 0 Å². The quantitative estimate of drug-likeness (QED) is 0.684. The molecule has 2 aromatic carbocycles. The van der Waals surface area contributed by atoms with Crippen LogP contribution in [0.15, 0.2) is 79.0 Å². The summed E-state index contributed by atoms with van der Waals surface area (Å²) in [6.45, 7) is 8.01. The maximum absolute atomic E-state index is 14.2. The molecule has 0 unspecified atom stereocenters. The Labute approximate surface area is 138 Å². The highest BCUT2D eigenvalue weighted by molar-refractivity contribution is 5.97. The Hall–Kier alpha value is -2.61. The zero-order valence-electron chi connectivity index (χ0n) is 13.9. The van der Waals surface area contributed by atoms with E-state index in [0.29, 0.717) is 5.56 Å². The summed E-state index contributed by atoms with van der Waals surface area (Å²) in [7, 11) is 1.91. The second-order valence-corrected chi connectivity index (χ2v) is 4.99. The van der Waals surface area contributed by atoms with Crippen LogP contribution in [-0.4, -0.2) is 11.9 Å². The lowest BCUT2D eigenvalue weighted by Crippen LogP contribution is -2.19. The van der Waals surface area contributed by atoms with Gasteiger partial charge in [-0.2, -0.15) is 0 Å². The molecule has 23 heavy (non-hydrogen) atoms. The summed E-state index contributed by atoms with van der Waals surface area (Å²) in [6.07, 6.45) is 3.95. The van der Waals surface area contributed by atoms with Crippen molar-refractivity contribution in [1.82, 2.24) is 4.90 Å². The van der Waals surface area contributed by atoms with Gasteiger partial charge in [-0.15, -0.1) is 0 Å². The second kappa shape index (κ2) is 7.59. The molecule has 3 rings (SSSR count). The highest BCUT2D eigenvalue weighted by Crippen LogP contribution is 2.36. The maximum Gasteiger partial charge on any atom is 0.132 e. The normalized spacial score (nSPS) is 13.7. The van der Waals surface area contributed by atoms with Crippen LogP contribution >= 0.6 is 0 Å². The van der Waals surface area contributed by atoms with E-state index >= 15 is 0 Å². The molecular weight excluding hydrogens is 285 g/mol. The van der Waals surface area contributed by atoms with E-state index in [4.69, 9.17) is 0 Å². The Morgan fingerprint density at radius 1 is 0.870 bits per heavy atom. The number of hydrogen-bond acceptors (Lipinski definition) is 1. The van der Waals surface area contributed by atoms with Crippen LogP contribution in [0.4, 0.5) is 4.39 Å². The smallest absolute Gasteiger partial charge is 0.132 e. The fraction of sp³-hybridized carbons (Fsp3) is 0.143. The third kappa shape index (κ3) is 3.42. The lowest BCUT2D eigenvalue weighted by atomic mass is 9.95. The predicted molar refractivity (Wildman–Crippen MR) is 97.0 cm³/mol. The van der Waals surface area contributed by atoms with E-state index in [1.165, 1.54) is 6.07 Å². The minimum Gasteiger partial charge on any atom is -0.344 e. The van der Waals surface area contributed by atoms with E-state index in [2.05, 4.69) is 6.58 Å². The van der Waals surface area contributed by atoms with Gasteiger partial charge in [-0.1, -0.05) is 69.0 Å². The molecule has 0 saturated carbocycles. The van der Waals surface area contributed by atoms with Crippen LogP contribution in [-0.2, 0) is 0 Å². The van der Waals surface area contributed by atoms with Crippen molar-refractivity contribution in [3.63, 3.8) is 0 Å². The third-order valence-electron chi connectivity index (χ3n) is 3.68. The Morgan fingerprint density at radius 2 is 1.48 bits per heavy atom. The van der Waals surface area contributed by atoms with Crippen molar-refractivity contribution < 1.29 is 4.39 Å². The van der Waals surface area contributed by atoms with Gasteiger partial charge >= 0.3 is 0 Å². The number of benzene rings is 2. The molecule has 0 aliphatic carbocycles. The molecule has 1 heterocycles. The summed E-state index contributed by atoms with van der Waals surface area (Å²) in [5, 5.41) is 0. The summed E-state index contributed by atoms with van der Waals surface area (Å²) in [5.41, 5.74) is 4.33. The van der Waals surface area contributed by atoms with Gasteiger partial charge in [0.05, 0.1) is 5.70 Å². The molecule has 0 aromatic heterocycles. The zero-order chi connectivity index (χ0) is 16.8. The molecule has 0 radical (unpaired) electrons. The van der Waals surface area contributed by atoms with Crippen LogP contribution in [0.25, 0.3) is 11.3 Å². The van der Waals surface area contributed by atoms with Crippen LogP contribution in [0, 0.1) is 5.82 Å². The number of likely N-dealkylation sites (N-methyl/N-ethyl adjacent to an activating group) is 1. The predicted octanol–water partition coefficient (Wildman–Crippen LogP) is 5.74. The summed E-state index contributed by atoms with van der Waals surface area (Å²) in [5.74, 6) is -0.226. The average Bonchev–Trinajstić information content (AvgIpc) is 2.61. The van der Waals surface area contributed by atoms with E-state index in [9.17, 15) is 4.39 Å². The number of allylic oxidation sites excluding steroid dienone is 3. The molecule has 0 fully saturated rings. The van der Waals surface area contributed by atoms with Crippen LogP contribution in [0.3, 0.4) is 0 Å². The maximum atomic E-state index is 14.2. The summed E-state index contributed by atoms with van der Waals surface area (Å²) >= 11 is 0. The number of halogens is 1. The lowest BCUT2D eigenvalue weighted by Gasteiger charge is -2.29. The van der Waals surface area contributed by atoms with Crippen molar-refractivity contribution in [2.24, 2.45) is 0 Å².